The number of piperidine rings is 3. The lowest BCUT2D eigenvalue weighted by molar-refractivity contribution is -0.128. The summed E-state index contributed by atoms with van der Waals surface area (Å²) in [5, 5.41) is 0. The Morgan fingerprint density at radius 1 is 1.22 bits per heavy atom. The minimum absolute atomic E-state index is 0.206. The Morgan fingerprint density at radius 3 is 2.44 bits per heavy atom. The van der Waals surface area contributed by atoms with Gasteiger partial charge in [-0.2, -0.15) is 0 Å². The number of carbonyl (C=O) groups is 1. The zero-order chi connectivity index (χ0) is 12.5. The van der Waals surface area contributed by atoms with Gasteiger partial charge in [0, 0.05) is 19.3 Å². The van der Waals surface area contributed by atoms with Gasteiger partial charge in [-0.1, -0.05) is 18.2 Å². The van der Waals surface area contributed by atoms with Crippen molar-refractivity contribution in [3.63, 3.8) is 0 Å². The second-order valence-electron chi connectivity index (χ2n) is 5.48. The molecule has 0 saturated carbocycles. The largest absolute Gasteiger partial charge is 0.315 e. The molecule has 3 nitrogen and oxygen atoms in total. The third-order valence-electron chi connectivity index (χ3n) is 4.45. The molecule has 18 heavy (non-hydrogen) atoms. The van der Waals surface area contributed by atoms with E-state index in [2.05, 4.69) is 4.90 Å². The summed E-state index contributed by atoms with van der Waals surface area (Å²) in [6, 6.07) is 9.94. The van der Waals surface area contributed by atoms with Crippen LogP contribution in [-0.2, 0) is 4.79 Å². The van der Waals surface area contributed by atoms with Gasteiger partial charge < -0.3 is 9.80 Å². The molecule has 3 heterocycles. The monoisotopic (exact) mass is 244 g/mol. The average Bonchev–Trinajstić information content (AvgIpc) is 2.48. The maximum atomic E-state index is 12.6. The quantitative estimate of drug-likeness (QED) is 0.794. The second-order valence-corrected chi connectivity index (χ2v) is 5.48. The number of para-hydroxylation sites is 1. The molecule has 0 aromatic heterocycles. The summed E-state index contributed by atoms with van der Waals surface area (Å²) in [5.74, 6) is 1.10. The highest BCUT2D eigenvalue weighted by Crippen LogP contribution is 2.33. The molecule has 0 N–H and O–H groups in total. The van der Waals surface area contributed by atoms with Crippen molar-refractivity contribution in [2.75, 3.05) is 31.6 Å². The van der Waals surface area contributed by atoms with Gasteiger partial charge >= 0.3 is 0 Å². The van der Waals surface area contributed by atoms with E-state index in [-0.39, 0.29) is 11.8 Å². The van der Waals surface area contributed by atoms with Gasteiger partial charge in [-0.05, 0) is 44.0 Å². The number of nitrogens with zero attached hydrogens (tertiary/aromatic N) is 2. The lowest BCUT2D eigenvalue weighted by Gasteiger charge is -2.44. The van der Waals surface area contributed by atoms with Gasteiger partial charge in [0.25, 0.3) is 0 Å². The van der Waals surface area contributed by atoms with Gasteiger partial charge in [-0.3, -0.25) is 4.79 Å². The van der Waals surface area contributed by atoms with Crippen molar-refractivity contribution in [2.45, 2.75) is 12.8 Å². The number of carbonyl (C=O) groups excluding carboxylic acids is 1. The van der Waals surface area contributed by atoms with Gasteiger partial charge in [0.05, 0.1) is 5.92 Å². The van der Waals surface area contributed by atoms with Crippen molar-refractivity contribution in [2.24, 2.45) is 11.8 Å². The summed E-state index contributed by atoms with van der Waals surface area (Å²) in [6.07, 6.45) is 2.39. The van der Waals surface area contributed by atoms with Crippen molar-refractivity contribution in [3.8, 4) is 0 Å². The molecular weight excluding hydrogens is 224 g/mol. The van der Waals surface area contributed by atoms with Crippen LogP contribution < -0.4 is 4.90 Å². The number of rotatable bonds is 2. The van der Waals surface area contributed by atoms with E-state index in [0.29, 0.717) is 5.92 Å². The van der Waals surface area contributed by atoms with Gasteiger partial charge in [0.15, 0.2) is 0 Å². The highest BCUT2D eigenvalue weighted by Gasteiger charge is 2.39. The molecule has 0 aliphatic carbocycles. The summed E-state index contributed by atoms with van der Waals surface area (Å²) in [5.41, 5.74) is 0.999. The molecule has 0 radical (unpaired) electrons. The van der Waals surface area contributed by atoms with E-state index < -0.39 is 0 Å². The van der Waals surface area contributed by atoms with Crippen LogP contribution in [0.4, 0.5) is 5.69 Å². The van der Waals surface area contributed by atoms with Gasteiger partial charge in [-0.25, -0.2) is 0 Å². The first-order chi connectivity index (χ1) is 8.75. The second kappa shape index (κ2) is 4.73. The third-order valence-corrected chi connectivity index (χ3v) is 4.45. The van der Waals surface area contributed by atoms with Crippen LogP contribution in [0.5, 0.6) is 0 Å². The van der Waals surface area contributed by atoms with Crippen LogP contribution in [0.1, 0.15) is 12.8 Å². The Morgan fingerprint density at radius 2 is 1.89 bits per heavy atom. The number of anilines is 1. The average molecular weight is 244 g/mol. The van der Waals surface area contributed by atoms with E-state index in [1.54, 1.807) is 0 Å². The molecule has 3 heteroatoms. The summed E-state index contributed by atoms with van der Waals surface area (Å²) < 4.78 is 0. The Labute approximate surface area is 108 Å². The van der Waals surface area contributed by atoms with Gasteiger partial charge in [0.2, 0.25) is 5.91 Å². The van der Waals surface area contributed by atoms with Crippen LogP contribution in [0.3, 0.4) is 0 Å². The van der Waals surface area contributed by atoms with Gasteiger partial charge in [-0.15, -0.1) is 0 Å². The lowest BCUT2D eigenvalue weighted by Crippen LogP contribution is -2.53. The maximum absolute atomic E-state index is 12.6. The first-order valence-corrected chi connectivity index (χ1v) is 6.80. The zero-order valence-electron chi connectivity index (χ0n) is 10.9. The first-order valence-electron chi connectivity index (χ1n) is 6.80. The highest BCUT2D eigenvalue weighted by atomic mass is 16.2. The predicted molar refractivity (Wildman–Crippen MR) is 72.5 cm³/mol. The smallest absolute Gasteiger partial charge is 0.231 e. The van der Waals surface area contributed by atoms with E-state index in [1.165, 1.54) is 25.9 Å². The van der Waals surface area contributed by atoms with E-state index >= 15 is 0 Å². The van der Waals surface area contributed by atoms with E-state index in [9.17, 15) is 4.79 Å². The van der Waals surface area contributed by atoms with E-state index in [1.807, 2.05) is 42.3 Å². The minimum Gasteiger partial charge on any atom is -0.315 e. The van der Waals surface area contributed by atoms with Crippen molar-refractivity contribution >= 4 is 11.6 Å². The standard InChI is InChI=1S/C15H20N2O/c1-16(13-5-3-2-4-6-13)15(18)14-11-17-9-7-12(14)8-10-17/h2-6,12,14H,7-11H2,1H3. The van der Waals surface area contributed by atoms with Crippen LogP contribution in [0.25, 0.3) is 0 Å². The Bertz CT molecular complexity index is 423. The van der Waals surface area contributed by atoms with Crippen LogP contribution in [0, 0.1) is 11.8 Å². The fourth-order valence-corrected chi connectivity index (χ4v) is 3.27. The molecule has 3 aliphatic heterocycles. The fourth-order valence-electron chi connectivity index (χ4n) is 3.27. The van der Waals surface area contributed by atoms with E-state index in [4.69, 9.17) is 0 Å². The molecule has 2 bridgehead atoms. The molecule has 3 aliphatic rings. The van der Waals surface area contributed by atoms with Gasteiger partial charge in [0.1, 0.15) is 0 Å². The number of hydrogen-bond donors (Lipinski definition) is 0. The lowest BCUT2D eigenvalue weighted by atomic mass is 9.78. The molecule has 3 fully saturated rings. The van der Waals surface area contributed by atoms with Crippen LogP contribution in [0.2, 0.25) is 0 Å². The summed E-state index contributed by atoms with van der Waals surface area (Å²) in [6.45, 7) is 3.33. The van der Waals surface area contributed by atoms with Crippen molar-refractivity contribution < 1.29 is 4.79 Å². The maximum Gasteiger partial charge on any atom is 0.231 e. The van der Waals surface area contributed by atoms with Crippen molar-refractivity contribution in [1.82, 2.24) is 4.90 Å². The molecule has 1 aromatic rings. The molecule has 1 aromatic carbocycles. The Kier molecular flexibility index (Phi) is 3.08. The number of hydrogen-bond acceptors (Lipinski definition) is 2. The normalized spacial score (nSPS) is 30.2. The van der Waals surface area contributed by atoms with Crippen LogP contribution in [0.15, 0.2) is 30.3 Å². The van der Waals surface area contributed by atoms with Crippen LogP contribution >= 0.6 is 0 Å². The molecule has 3 saturated heterocycles. The molecule has 1 atom stereocenters. The summed E-state index contributed by atoms with van der Waals surface area (Å²) in [7, 11) is 1.90. The SMILES string of the molecule is CN(C(=O)C1CN2CCC1CC2)c1ccccc1. The topological polar surface area (TPSA) is 23.6 Å². The Hall–Kier alpha value is -1.35. The fraction of sp³-hybridized carbons (Fsp3) is 0.533. The molecular formula is C15H20N2O. The Balaban J connectivity index is 1.75. The number of amides is 1. The summed E-state index contributed by atoms with van der Waals surface area (Å²) >= 11 is 0. The summed E-state index contributed by atoms with van der Waals surface area (Å²) in [4.78, 5) is 16.8. The molecule has 4 rings (SSSR count). The van der Waals surface area contributed by atoms with Crippen molar-refractivity contribution in [3.05, 3.63) is 30.3 Å². The number of fused-ring (bicyclic) bond motifs is 3. The minimum atomic E-state index is 0.206. The molecule has 0 spiro atoms. The molecule has 1 amide bonds. The molecule has 96 valence electrons. The third kappa shape index (κ3) is 2.03. The molecule has 1 unspecified atom stereocenters. The van der Waals surface area contributed by atoms with Crippen molar-refractivity contribution in [1.29, 1.82) is 0 Å². The predicted octanol–water partition coefficient (Wildman–Crippen LogP) is 1.99. The first kappa shape index (κ1) is 11.7. The highest BCUT2D eigenvalue weighted by molar-refractivity contribution is 5.95. The zero-order valence-corrected chi connectivity index (χ0v) is 10.9. The van der Waals surface area contributed by atoms with Crippen LogP contribution in [-0.4, -0.2) is 37.5 Å². The number of benzene rings is 1. The van der Waals surface area contributed by atoms with E-state index in [0.717, 1.165) is 12.2 Å².